The minimum Gasteiger partial charge on any atom is -0.490 e. The molecule has 0 amide bonds. The molecule has 1 aromatic carbocycles. The van der Waals surface area contributed by atoms with Crippen LogP contribution in [-0.4, -0.2) is 22.3 Å². The Morgan fingerprint density at radius 1 is 1.30 bits per heavy atom. The van der Waals surface area contributed by atoms with E-state index in [0.29, 0.717) is 19.2 Å². The Hall–Kier alpha value is -2.30. The monoisotopic (exact) mass is 314 g/mol. The van der Waals surface area contributed by atoms with Crippen molar-refractivity contribution in [2.45, 2.75) is 45.3 Å². The molecule has 0 saturated heterocycles. The van der Waals surface area contributed by atoms with Crippen LogP contribution in [0.3, 0.4) is 0 Å². The number of fused-ring (bicyclic) bond motifs is 1. The fourth-order valence-electron chi connectivity index (χ4n) is 2.53. The van der Waals surface area contributed by atoms with Gasteiger partial charge in [0.25, 0.3) is 11.6 Å². The van der Waals surface area contributed by atoms with E-state index in [-0.39, 0.29) is 17.1 Å². The molecule has 0 radical (unpaired) electrons. The second-order valence-electron chi connectivity index (χ2n) is 6.51. The van der Waals surface area contributed by atoms with Gasteiger partial charge in [-0.3, -0.25) is 9.36 Å². The van der Waals surface area contributed by atoms with E-state index < -0.39 is 0 Å². The Labute approximate surface area is 135 Å². The van der Waals surface area contributed by atoms with Crippen LogP contribution in [0.2, 0.25) is 0 Å². The van der Waals surface area contributed by atoms with Gasteiger partial charge in [-0.15, -0.1) is 0 Å². The van der Waals surface area contributed by atoms with Crippen LogP contribution < -0.4 is 15.0 Å². The third-order valence-corrected chi connectivity index (χ3v) is 4.48. The maximum atomic E-state index is 11.2. The van der Waals surface area contributed by atoms with Gasteiger partial charge >= 0.3 is 0 Å². The first-order chi connectivity index (χ1) is 11.0. The van der Waals surface area contributed by atoms with E-state index in [1.807, 2.05) is 16.7 Å². The van der Waals surface area contributed by atoms with Crippen LogP contribution >= 0.6 is 0 Å². The highest BCUT2D eigenvalue weighted by Gasteiger charge is 2.24. The van der Waals surface area contributed by atoms with E-state index >= 15 is 0 Å². The van der Waals surface area contributed by atoms with E-state index in [0.717, 1.165) is 12.2 Å². The SMILES string of the molecule is CCC(C)(C)c1ccc(OC[C@@H]2Cn3ccc(=O)nc3O2)cc1. The van der Waals surface area contributed by atoms with Gasteiger partial charge in [0.2, 0.25) is 0 Å². The van der Waals surface area contributed by atoms with Crippen molar-refractivity contribution in [2.75, 3.05) is 6.61 Å². The van der Waals surface area contributed by atoms with Crippen LogP contribution in [0.4, 0.5) is 0 Å². The molecule has 0 bridgehead atoms. The molecule has 0 aliphatic carbocycles. The molecule has 1 aromatic heterocycles. The average molecular weight is 314 g/mol. The zero-order valence-corrected chi connectivity index (χ0v) is 13.8. The third kappa shape index (κ3) is 3.38. The first-order valence-corrected chi connectivity index (χ1v) is 7.95. The first-order valence-electron chi connectivity index (χ1n) is 7.95. The standard InChI is InChI=1S/C18H22N2O3/c1-4-18(2,3)13-5-7-14(8-6-13)22-12-15-11-20-10-9-16(21)19-17(20)23-15/h5-10,15H,4,11-12H2,1-3H3/t15-/m0/s1. The van der Waals surface area contributed by atoms with Gasteiger partial charge < -0.3 is 9.47 Å². The van der Waals surface area contributed by atoms with Gasteiger partial charge in [-0.05, 0) is 29.5 Å². The van der Waals surface area contributed by atoms with Crippen molar-refractivity contribution in [3.63, 3.8) is 0 Å². The molecule has 2 aromatic rings. The maximum Gasteiger partial charge on any atom is 0.300 e. The van der Waals surface area contributed by atoms with E-state index in [4.69, 9.17) is 9.47 Å². The average Bonchev–Trinajstić information content (AvgIpc) is 2.95. The molecule has 1 aliphatic rings. The first kappa shape index (κ1) is 15.6. The van der Waals surface area contributed by atoms with Gasteiger partial charge in [-0.25, -0.2) is 0 Å². The van der Waals surface area contributed by atoms with E-state index in [2.05, 4.69) is 37.9 Å². The van der Waals surface area contributed by atoms with Crippen LogP contribution in [0.1, 0.15) is 32.8 Å². The van der Waals surface area contributed by atoms with Crippen LogP contribution in [0.25, 0.3) is 0 Å². The molecular formula is C18H22N2O3. The molecule has 3 rings (SSSR count). The summed E-state index contributed by atoms with van der Waals surface area (Å²) in [7, 11) is 0. The summed E-state index contributed by atoms with van der Waals surface area (Å²) >= 11 is 0. The molecule has 0 saturated carbocycles. The van der Waals surface area contributed by atoms with E-state index in [9.17, 15) is 4.79 Å². The maximum absolute atomic E-state index is 11.2. The number of hydrogen-bond acceptors (Lipinski definition) is 4. The number of hydrogen-bond donors (Lipinski definition) is 0. The lowest BCUT2D eigenvalue weighted by Crippen LogP contribution is -2.23. The number of benzene rings is 1. The van der Waals surface area contributed by atoms with Gasteiger partial charge in [0.1, 0.15) is 12.4 Å². The predicted octanol–water partition coefficient (Wildman–Crippen LogP) is 2.77. The van der Waals surface area contributed by atoms with Crippen molar-refractivity contribution < 1.29 is 9.47 Å². The molecule has 23 heavy (non-hydrogen) atoms. The lowest BCUT2D eigenvalue weighted by Gasteiger charge is -2.23. The van der Waals surface area contributed by atoms with Crippen LogP contribution in [0.5, 0.6) is 11.8 Å². The quantitative estimate of drug-likeness (QED) is 0.851. The van der Waals surface area contributed by atoms with Gasteiger partial charge in [0.15, 0.2) is 6.10 Å². The summed E-state index contributed by atoms with van der Waals surface area (Å²) in [5, 5.41) is 0. The Morgan fingerprint density at radius 2 is 2.04 bits per heavy atom. The Balaban J connectivity index is 1.59. The summed E-state index contributed by atoms with van der Waals surface area (Å²) in [4.78, 5) is 15.1. The fraction of sp³-hybridized carbons (Fsp3) is 0.444. The minimum atomic E-state index is -0.285. The molecule has 2 heterocycles. The van der Waals surface area contributed by atoms with Crippen LogP contribution in [0.15, 0.2) is 41.3 Å². The summed E-state index contributed by atoms with van der Waals surface area (Å²) in [6, 6.07) is 10.0. The molecule has 0 N–H and O–H groups in total. The largest absolute Gasteiger partial charge is 0.490 e. The lowest BCUT2D eigenvalue weighted by atomic mass is 9.82. The summed E-state index contributed by atoms with van der Waals surface area (Å²) in [5.41, 5.74) is 1.19. The van der Waals surface area contributed by atoms with Gasteiger partial charge in [0.05, 0.1) is 6.54 Å². The Kier molecular flexibility index (Phi) is 4.11. The number of ether oxygens (including phenoxy) is 2. The van der Waals surface area contributed by atoms with Crippen molar-refractivity contribution in [1.29, 1.82) is 0 Å². The summed E-state index contributed by atoms with van der Waals surface area (Å²) in [6.07, 6.45) is 2.66. The molecular weight excluding hydrogens is 292 g/mol. The zero-order chi connectivity index (χ0) is 16.4. The van der Waals surface area contributed by atoms with Gasteiger partial charge in [-0.1, -0.05) is 32.9 Å². The number of nitrogens with zero attached hydrogens (tertiary/aromatic N) is 2. The molecule has 122 valence electrons. The van der Waals surface area contributed by atoms with Crippen molar-refractivity contribution in [1.82, 2.24) is 9.55 Å². The normalized spacial score (nSPS) is 16.7. The summed E-state index contributed by atoms with van der Waals surface area (Å²) < 4.78 is 13.3. The second-order valence-corrected chi connectivity index (χ2v) is 6.51. The summed E-state index contributed by atoms with van der Waals surface area (Å²) in [6.45, 7) is 7.73. The highest BCUT2D eigenvalue weighted by molar-refractivity contribution is 5.31. The molecule has 1 aliphatic heterocycles. The van der Waals surface area contributed by atoms with Gasteiger partial charge in [0, 0.05) is 12.3 Å². The summed E-state index contributed by atoms with van der Waals surface area (Å²) in [5.74, 6) is 0.822. The number of aromatic nitrogens is 2. The van der Waals surface area contributed by atoms with E-state index in [1.165, 1.54) is 11.6 Å². The third-order valence-electron chi connectivity index (χ3n) is 4.48. The lowest BCUT2D eigenvalue weighted by molar-refractivity contribution is 0.143. The second kappa shape index (κ2) is 6.07. The fourth-order valence-corrected chi connectivity index (χ4v) is 2.53. The molecule has 5 nitrogen and oxygen atoms in total. The molecule has 5 heteroatoms. The van der Waals surface area contributed by atoms with Crippen LogP contribution in [0, 0.1) is 0 Å². The van der Waals surface area contributed by atoms with E-state index in [1.54, 1.807) is 6.20 Å². The highest BCUT2D eigenvalue weighted by atomic mass is 16.6. The predicted molar refractivity (Wildman–Crippen MR) is 88.2 cm³/mol. The molecule has 1 atom stereocenters. The Morgan fingerprint density at radius 3 is 2.74 bits per heavy atom. The van der Waals surface area contributed by atoms with Crippen LogP contribution in [-0.2, 0) is 12.0 Å². The molecule has 0 spiro atoms. The minimum absolute atomic E-state index is 0.129. The number of rotatable bonds is 5. The van der Waals surface area contributed by atoms with Crippen molar-refractivity contribution in [3.8, 4) is 11.8 Å². The van der Waals surface area contributed by atoms with Crippen molar-refractivity contribution in [3.05, 3.63) is 52.4 Å². The zero-order valence-electron chi connectivity index (χ0n) is 13.8. The van der Waals surface area contributed by atoms with Gasteiger partial charge in [-0.2, -0.15) is 4.98 Å². The molecule has 0 unspecified atom stereocenters. The Bertz CT molecular complexity index is 735. The van der Waals surface area contributed by atoms with Crippen molar-refractivity contribution >= 4 is 0 Å². The van der Waals surface area contributed by atoms with Crippen molar-refractivity contribution in [2.24, 2.45) is 0 Å². The highest BCUT2D eigenvalue weighted by Crippen LogP contribution is 2.28. The smallest absolute Gasteiger partial charge is 0.300 e. The topological polar surface area (TPSA) is 53.4 Å². The molecule has 0 fully saturated rings.